The molecule has 0 aliphatic carbocycles. The molecule has 5 nitrogen and oxygen atoms in total. The lowest BCUT2D eigenvalue weighted by molar-refractivity contribution is -0.115. The molecule has 1 atom stereocenters. The van der Waals surface area contributed by atoms with Crippen molar-refractivity contribution in [2.75, 3.05) is 24.3 Å². The van der Waals surface area contributed by atoms with Crippen LogP contribution in [0, 0.1) is 0 Å². The molecule has 27 heavy (non-hydrogen) atoms. The monoisotopic (exact) mass is 387 g/mol. The Morgan fingerprint density at radius 1 is 1.19 bits per heavy atom. The van der Waals surface area contributed by atoms with Crippen molar-refractivity contribution in [3.05, 3.63) is 46.2 Å². The van der Waals surface area contributed by atoms with Gasteiger partial charge in [-0.25, -0.2) is 0 Å². The summed E-state index contributed by atoms with van der Waals surface area (Å²) in [6.45, 7) is 6.48. The average molecular weight is 388 g/mol. The number of anilines is 2. The van der Waals surface area contributed by atoms with Gasteiger partial charge in [0, 0.05) is 44.5 Å². The Labute approximate surface area is 166 Å². The van der Waals surface area contributed by atoms with Crippen LogP contribution >= 0.6 is 11.3 Å². The maximum atomic E-state index is 13.1. The van der Waals surface area contributed by atoms with Crippen LogP contribution in [-0.4, -0.2) is 36.9 Å². The van der Waals surface area contributed by atoms with Crippen LogP contribution in [0.2, 0.25) is 0 Å². The van der Waals surface area contributed by atoms with Gasteiger partial charge in [-0.05, 0) is 48.6 Å². The van der Waals surface area contributed by atoms with Crippen LogP contribution in [-0.2, 0) is 11.3 Å². The number of hydrogen-bond acceptors (Lipinski definition) is 4. The van der Waals surface area contributed by atoms with Gasteiger partial charge in [0.15, 0.2) is 0 Å². The Hall–Kier alpha value is -2.34. The van der Waals surface area contributed by atoms with Gasteiger partial charge in [-0.2, -0.15) is 0 Å². The summed E-state index contributed by atoms with van der Waals surface area (Å²) in [6.07, 6.45) is 1.31. The molecule has 0 fully saturated rings. The number of nitrogens with zero attached hydrogens (tertiary/aromatic N) is 2. The quantitative estimate of drug-likeness (QED) is 0.720. The van der Waals surface area contributed by atoms with Crippen LogP contribution in [0.5, 0.6) is 0 Å². The van der Waals surface area contributed by atoms with Gasteiger partial charge in [0.2, 0.25) is 5.91 Å². The Morgan fingerprint density at radius 3 is 2.48 bits per heavy atom. The van der Waals surface area contributed by atoms with Gasteiger partial charge in [0.1, 0.15) is 0 Å². The van der Waals surface area contributed by atoms with Crippen LogP contribution in [0.25, 0.3) is 0 Å². The van der Waals surface area contributed by atoms with Gasteiger partial charge < -0.3 is 15.1 Å². The smallest absolute Gasteiger partial charge is 0.264 e. The highest BCUT2D eigenvalue weighted by Crippen LogP contribution is 2.27. The van der Waals surface area contributed by atoms with Crippen LogP contribution in [0.1, 0.15) is 48.8 Å². The Morgan fingerprint density at radius 2 is 1.93 bits per heavy atom. The zero-order chi connectivity index (χ0) is 20.0. The minimum atomic E-state index is -0.0213. The van der Waals surface area contributed by atoms with E-state index in [1.165, 1.54) is 11.3 Å². The number of hydrogen-bond donors (Lipinski definition) is 1. The topological polar surface area (TPSA) is 52.7 Å². The number of nitrogens with one attached hydrogen (secondary N) is 1. The molecule has 1 aromatic heterocycles. The molecule has 6 heteroatoms. The fraction of sp³-hybridized carbons (Fsp3) is 0.429. The first-order valence-corrected chi connectivity index (χ1v) is 10.2. The first-order valence-electron chi connectivity index (χ1n) is 9.31. The molecule has 0 spiro atoms. The summed E-state index contributed by atoms with van der Waals surface area (Å²) >= 11 is 1.46. The number of amides is 2. The molecule has 0 saturated carbocycles. The standard InChI is InChI=1S/C21H29N3O2S/c1-6-15(3)24(21(26)19-9-8-12-27-19)14-16-13-17(22-20(25)7-2)10-11-18(16)23(4)5/h8-13,15H,6-7,14H2,1-5H3,(H,22,25). The van der Waals surface area contributed by atoms with Crippen molar-refractivity contribution in [1.29, 1.82) is 0 Å². The van der Waals surface area contributed by atoms with Crippen LogP contribution in [0.15, 0.2) is 35.7 Å². The van der Waals surface area contributed by atoms with Crippen molar-refractivity contribution in [2.24, 2.45) is 0 Å². The van der Waals surface area contributed by atoms with Crippen molar-refractivity contribution in [1.82, 2.24) is 4.90 Å². The van der Waals surface area contributed by atoms with Gasteiger partial charge in [0.05, 0.1) is 4.88 Å². The highest BCUT2D eigenvalue weighted by molar-refractivity contribution is 7.12. The SMILES string of the molecule is CCC(=O)Nc1ccc(N(C)C)c(CN(C(=O)c2cccs2)C(C)CC)c1. The molecule has 1 N–H and O–H groups in total. The molecule has 0 bridgehead atoms. The summed E-state index contributed by atoms with van der Waals surface area (Å²) < 4.78 is 0. The maximum absolute atomic E-state index is 13.1. The van der Waals surface area contributed by atoms with Crippen molar-refractivity contribution in [3.63, 3.8) is 0 Å². The van der Waals surface area contributed by atoms with E-state index in [0.29, 0.717) is 13.0 Å². The molecule has 2 aromatic rings. The summed E-state index contributed by atoms with van der Waals surface area (Å²) in [6, 6.07) is 9.75. The molecule has 0 radical (unpaired) electrons. The van der Waals surface area contributed by atoms with E-state index in [1.54, 1.807) is 0 Å². The third-order valence-electron chi connectivity index (χ3n) is 4.62. The number of thiophene rings is 1. The van der Waals surface area contributed by atoms with E-state index in [0.717, 1.165) is 28.2 Å². The fourth-order valence-electron chi connectivity index (χ4n) is 2.85. The van der Waals surface area contributed by atoms with Gasteiger partial charge in [-0.1, -0.05) is 19.9 Å². The zero-order valence-electron chi connectivity index (χ0n) is 16.8. The predicted molar refractivity (Wildman–Crippen MR) is 114 cm³/mol. The fourth-order valence-corrected chi connectivity index (χ4v) is 3.53. The highest BCUT2D eigenvalue weighted by atomic mass is 32.1. The van der Waals surface area contributed by atoms with Crippen LogP contribution < -0.4 is 10.2 Å². The van der Waals surface area contributed by atoms with E-state index in [9.17, 15) is 9.59 Å². The van der Waals surface area contributed by atoms with Crippen molar-refractivity contribution in [2.45, 2.75) is 46.2 Å². The molecule has 0 saturated heterocycles. The molecular weight excluding hydrogens is 358 g/mol. The van der Waals surface area contributed by atoms with Crippen LogP contribution in [0.4, 0.5) is 11.4 Å². The number of carbonyl (C=O) groups excluding carboxylic acids is 2. The molecule has 1 aromatic carbocycles. The summed E-state index contributed by atoms with van der Waals surface area (Å²) in [5.74, 6) is 0.0269. The molecule has 2 amide bonds. The Kier molecular flexibility index (Phi) is 7.42. The summed E-state index contributed by atoms with van der Waals surface area (Å²) in [7, 11) is 3.97. The predicted octanol–water partition coefficient (Wildman–Crippen LogP) is 4.60. The number of carbonyl (C=O) groups is 2. The largest absolute Gasteiger partial charge is 0.377 e. The third-order valence-corrected chi connectivity index (χ3v) is 5.48. The molecule has 1 unspecified atom stereocenters. The van der Waals surface area contributed by atoms with E-state index < -0.39 is 0 Å². The second-order valence-electron chi connectivity index (χ2n) is 6.81. The number of benzene rings is 1. The maximum Gasteiger partial charge on any atom is 0.264 e. The average Bonchev–Trinajstić information content (AvgIpc) is 3.19. The highest BCUT2D eigenvalue weighted by Gasteiger charge is 2.23. The molecule has 0 aliphatic heterocycles. The minimum absolute atomic E-state index is 0.0213. The van der Waals surface area contributed by atoms with E-state index in [1.807, 2.05) is 66.5 Å². The number of rotatable bonds is 8. The summed E-state index contributed by atoms with van der Waals surface area (Å²) in [5.41, 5.74) is 2.81. The van der Waals surface area contributed by atoms with Gasteiger partial charge in [-0.15, -0.1) is 11.3 Å². The zero-order valence-corrected chi connectivity index (χ0v) is 17.6. The van der Waals surface area contributed by atoms with E-state index >= 15 is 0 Å². The summed E-state index contributed by atoms with van der Waals surface area (Å²) in [5, 5.41) is 4.84. The van der Waals surface area contributed by atoms with Gasteiger partial charge in [-0.3, -0.25) is 9.59 Å². The van der Waals surface area contributed by atoms with E-state index in [-0.39, 0.29) is 17.9 Å². The van der Waals surface area contributed by atoms with Crippen molar-refractivity contribution in [3.8, 4) is 0 Å². The van der Waals surface area contributed by atoms with E-state index in [2.05, 4.69) is 19.2 Å². The van der Waals surface area contributed by atoms with Crippen LogP contribution in [0.3, 0.4) is 0 Å². The lowest BCUT2D eigenvalue weighted by Crippen LogP contribution is -2.37. The van der Waals surface area contributed by atoms with Crippen molar-refractivity contribution >= 4 is 34.5 Å². The third kappa shape index (κ3) is 5.32. The molecule has 0 aliphatic rings. The first-order chi connectivity index (χ1) is 12.9. The van der Waals surface area contributed by atoms with Crippen molar-refractivity contribution < 1.29 is 9.59 Å². The Bertz CT molecular complexity index is 772. The summed E-state index contributed by atoms with van der Waals surface area (Å²) in [4.78, 5) is 29.5. The van der Waals surface area contributed by atoms with Gasteiger partial charge in [0.25, 0.3) is 5.91 Å². The normalized spacial score (nSPS) is 11.7. The minimum Gasteiger partial charge on any atom is -0.377 e. The molecule has 146 valence electrons. The lowest BCUT2D eigenvalue weighted by atomic mass is 10.1. The molecule has 1 heterocycles. The lowest BCUT2D eigenvalue weighted by Gasteiger charge is -2.30. The second-order valence-corrected chi connectivity index (χ2v) is 7.75. The Balaban J connectivity index is 2.38. The second kappa shape index (κ2) is 9.55. The molecular formula is C21H29N3O2S. The van der Waals surface area contributed by atoms with Gasteiger partial charge >= 0.3 is 0 Å². The van der Waals surface area contributed by atoms with E-state index in [4.69, 9.17) is 0 Å². The molecule has 2 rings (SSSR count). The first kappa shape index (κ1) is 21.0.